The standard InChI is InChI=1S/C70H80N10O13/c1-69(2,76(46-41-73-67(87)59-31-19-35-63(83)79(59)92-51-55-25-13-7-14-26-55)47-42-74-68(88)60-32-20-36-64(84)80(60)93-52-56-27-15-8-16-28-56)38-48-89-70(3,4)37-43-75(44-39-71-65(85)57-29-17-33-61(81)77(57)90-49-53-21-9-5-10-22-53)45-40-72-66(86)58-30-18-34-62(82)78(58)91-50-54-23-11-6-12-24-54/h5-36H,37-52H2,1-4H3,(H,71,85)(H,72,86)(H,73,87)(H,74,88). The molecule has 4 amide bonds. The first kappa shape index (κ1) is 68.5. The summed E-state index contributed by atoms with van der Waals surface area (Å²) in [5, 5.41) is 11.7. The van der Waals surface area contributed by atoms with Gasteiger partial charge in [0.2, 0.25) is 0 Å². The van der Waals surface area contributed by atoms with E-state index in [4.69, 9.17) is 24.1 Å². The van der Waals surface area contributed by atoms with Gasteiger partial charge in [-0.15, -0.1) is 18.9 Å². The molecule has 23 heteroatoms. The molecule has 4 aromatic heterocycles. The SMILES string of the molecule is CC(C)(CCN(CCNC(=O)c1cccc(=O)n1OCc1ccccc1)CCNC(=O)c1cccc(=O)n1OCc1ccccc1)OCCC(C)(C)N(CCNC(=O)c1cccc(=O)n1OCc1ccccc1)CCNC(=O)c1cccc(=O)n1OCc1ccccc1. The van der Waals surface area contributed by atoms with Gasteiger partial charge >= 0.3 is 0 Å². The average Bonchev–Trinajstić information content (AvgIpc) is 1.43. The molecule has 23 nitrogen and oxygen atoms in total. The van der Waals surface area contributed by atoms with Gasteiger partial charge in [-0.3, -0.25) is 48.2 Å². The zero-order chi connectivity index (χ0) is 66.0. The van der Waals surface area contributed by atoms with Gasteiger partial charge in [0, 0.05) is 95.3 Å². The van der Waals surface area contributed by atoms with Crippen LogP contribution in [0.4, 0.5) is 0 Å². The highest BCUT2D eigenvalue weighted by Gasteiger charge is 2.29. The maximum atomic E-state index is 13.8. The highest BCUT2D eigenvalue weighted by atomic mass is 16.7. The Kier molecular flexibility index (Phi) is 25.2. The highest BCUT2D eigenvalue weighted by molar-refractivity contribution is 5.94. The first-order valence-corrected chi connectivity index (χ1v) is 30.8. The Labute approximate surface area is 538 Å². The molecule has 0 atom stereocenters. The van der Waals surface area contributed by atoms with Crippen LogP contribution in [0.5, 0.6) is 0 Å². The predicted octanol–water partition coefficient (Wildman–Crippen LogP) is 4.83. The summed E-state index contributed by atoms with van der Waals surface area (Å²) in [6.07, 6.45) is 0.976. The van der Waals surface area contributed by atoms with Gasteiger partial charge in [0.1, 0.15) is 49.2 Å². The van der Waals surface area contributed by atoms with E-state index >= 15 is 0 Å². The molecule has 0 saturated heterocycles. The van der Waals surface area contributed by atoms with Gasteiger partial charge < -0.3 is 45.4 Å². The van der Waals surface area contributed by atoms with E-state index in [9.17, 15) is 38.4 Å². The molecule has 0 unspecified atom stereocenters. The van der Waals surface area contributed by atoms with Crippen molar-refractivity contribution >= 4 is 23.6 Å². The monoisotopic (exact) mass is 1270 g/mol. The summed E-state index contributed by atoms with van der Waals surface area (Å²) in [7, 11) is 0. The Morgan fingerprint density at radius 2 is 0.634 bits per heavy atom. The number of carbonyl (C=O) groups is 4. The number of benzene rings is 4. The van der Waals surface area contributed by atoms with E-state index in [0.717, 1.165) is 41.2 Å². The minimum atomic E-state index is -0.720. The molecule has 0 radical (unpaired) electrons. The molecule has 0 aliphatic carbocycles. The number of aromatic nitrogens is 4. The van der Waals surface area contributed by atoms with Crippen molar-refractivity contribution in [3.8, 4) is 0 Å². The molecule has 4 aromatic carbocycles. The Hall–Kier alpha value is -10.4. The normalized spacial score (nSPS) is 11.4. The average molecular weight is 1270 g/mol. The number of amides is 4. The number of carbonyl (C=O) groups excluding carboxylic acids is 4. The summed E-state index contributed by atoms with van der Waals surface area (Å²) < 4.78 is 10.6. The van der Waals surface area contributed by atoms with Gasteiger partial charge in [-0.25, -0.2) is 0 Å². The summed E-state index contributed by atoms with van der Waals surface area (Å²) in [5.41, 5.74) is -0.116. The summed E-state index contributed by atoms with van der Waals surface area (Å²) in [5.74, 6) is -2.14. The smallest absolute Gasteiger partial charge is 0.283 e. The van der Waals surface area contributed by atoms with Crippen LogP contribution < -0.4 is 62.9 Å². The third-order valence-corrected chi connectivity index (χ3v) is 15.2. The molecule has 0 bridgehead atoms. The largest absolute Gasteiger partial charge is 0.405 e. The molecule has 8 rings (SSSR count). The number of hydrogen-bond acceptors (Lipinski definition) is 15. The third-order valence-electron chi connectivity index (χ3n) is 15.2. The van der Waals surface area contributed by atoms with Crippen molar-refractivity contribution in [2.24, 2.45) is 0 Å². The van der Waals surface area contributed by atoms with Crippen molar-refractivity contribution in [3.63, 3.8) is 0 Å². The third kappa shape index (κ3) is 20.8. The lowest BCUT2D eigenvalue weighted by molar-refractivity contribution is -0.0450. The highest BCUT2D eigenvalue weighted by Crippen LogP contribution is 2.22. The fraction of sp³-hybridized carbons (Fsp3) is 0.314. The Morgan fingerprint density at radius 3 is 0.925 bits per heavy atom. The number of rotatable bonds is 36. The van der Waals surface area contributed by atoms with Crippen LogP contribution in [0.25, 0.3) is 0 Å². The summed E-state index contributed by atoms with van der Waals surface area (Å²) >= 11 is 0. The molecule has 0 fully saturated rings. The molecule has 488 valence electrons. The summed E-state index contributed by atoms with van der Waals surface area (Å²) in [6, 6.07) is 54.2. The molecule has 93 heavy (non-hydrogen) atoms. The lowest BCUT2D eigenvalue weighted by Crippen LogP contribution is -2.51. The van der Waals surface area contributed by atoms with Crippen molar-refractivity contribution < 1.29 is 43.3 Å². The van der Waals surface area contributed by atoms with E-state index in [2.05, 4.69) is 31.1 Å². The molecule has 0 aliphatic heterocycles. The number of nitrogens with one attached hydrogen (secondary N) is 4. The van der Waals surface area contributed by atoms with Crippen molar-refractivity contribution in [1.82, 2.24) is 50.0 Å². The molecule has 0 aliphatic rings. The van der Waals surface area contributed by atoms with E-state index in [0.29, 0.717) is 45.6 Å². The van der Waals surface area contributed by atoms with Gasteiger partial charge in [0.25, 0.3) is 45.9 Å². The lowest BCUT2D eigenvalue weighted by Gasteiger charge is -2.40. The Bertz CT molecular complexity index is 3730. The van der Waals surface area contributed by atoms with Crippen molar-refractivity contribution in [2.75, 3.05) is 65.5 Å². The van der Waals surface area contributed by atoms with Gasteiger partial charge in [0.05, 0.1) is 5.60 Å². The van der Waals surface area contributed by atoms with E-state index in [-0.39, 0.29) is 82.0 Å². The second kappa shape index (κ2) is 34.2. The number of pyridine rings is 4. The minimum Gasteiger partial charge on any atom is -0.405 e. The van der Waals surface area contributed by atoms with Gasteiger partial charge in [-0.2, -0.15) is 0 Å². The Morgan fingerprint density at radius 1 is 0.355 bits per heavy atom. The maximum absolute atomic E-state index is 13.8. The van der Waals surface area contributed by atoms with Gasteiger partial charge in [-0.1, -0.05) is 146 Å². The Balaban J connectivity index is 0.922. The molecule has 8 aromatic rings. The lowest BCUT2D eigenvalue weighted by atomic mass is 9.97. The van der Waals surface area contributed by atoms with Crippen LogP contribution in [0.2, 0.25) is 0 Å². The van der Waals surface area contributed by atoms with Gasteiger partial charge in [-0.05, 0) is 87.1 Å². The molecule has 0 spiro atoms. The van der Waals surface area contributed by atoms with Crippen molar-refractivity contribution in [2.45, 2.75) is 78.1 Å². The first-order valence-electron chi connectivity index (χ1n) is 30.8. The predicted molar refractivity (Wildman–Crippen MR) is 350 cm³/mol. The van der Waals surface area contributed by atoms with Crippen molar-refractivity contribution in [3.05, 3.63) is 281 Å². The van der Waals surface area contributed by atoms with Crippen molar-refractivity contribution in [1.29, 1.82) is 0 Å². The van der Waals surface area contributed by atoms with Crippen LogP contribution in [-0.4, -0.2) is 129 Å². The summed E-state index contributed by atoms with van der Waals surface area (Å²) in [4.78, 5) is 135. The zero-order valence-corrected chi connectivity index (χ0v) is 52.8. The number of nitrogens with zero attached hydrogens (tertiary/aromatic N) is 6. The van der Waals surface area contributed by atoms with Crippen LogP contribution in [0.15, 0.2) is 213 Å². The second-order valence-electron chi connectivity index (χ2n) is 23.0. The topological polar surface area (TPSA) is 257 Å². The number of ether oxygens (including phenoxy) is 1. The van der Waals surface area contributed by atoms with Crippen LogP contribution in [-0.2, 0) is 31.2 Å². The zero-order valence-electron chi connectivity index (χ0n) is 52.8. The van der Waals surface area contributed by atoms with E-state index in [1.807, 2.05) is 149 Å². The first-order chi connectivity index (χ1) is 44.9. The fourth-order valence-corrected chi connectivity index (χ4v) is 9.87. The quantitative estimate of drug-likeness (QED) is 0.0410. The van der Waals surface area contributed by atoms with E-state index < -0.39 is 57.0 Å². The second-order valence-corrected chi connectivity index (χ2v) is 23.0. The molecule has 4 N–H and O–H groups in total. The minimum absolute atomic E-state index is 0.0108. The van der Waals surface area contributed by atoms with E-state index in [1.165, 1.54) is 72.8 Å². The van der Waals surface area contributed by atoms with Gasteiger partial charge in [0.15, 0.2) is 0 Å². The summed E-state index contributed by atoms with van der Waals surface area (Å²) in [6.45, 7) is 10.7. The van der Waals surface area contributed by atoms with Crippen LogP contribution in [0.3, 0.4) is 0 Å². The molecular weight excluding hydrogens is 1190 g/mol. The van der Waals surface area contributed by atoms with Crippen LogP contribution in [0, 0.1) is 0 Å². The van der Waals surface area contributed by atoms with Crippen LogP contribution in [0.1, 0.15) is 105 Å². The molecule has 0 saturated carbocycles. The maximum Gasteiger partial charge on any atom is 0.283 e. The van der Waals surface area contributed by atoms with Crippen LogP contribution >= 0.6 is 0 Å². The molecule has 4 heterocycles. The number of hydrogen-bond donors (Lipinski definition) is 4. The molecular formula is C70H80N10O13. The van der Waals surface area contributed by atoms with E-state index in [1.54, 1.807) is 0 Å². The fourth-order valence-electron chi connectivity index (χ4n) is 9.87.